The van der Waals surface area contributed by atoms with Crippen LogP contribution in [-0.2, 0) is 14.3 Å². The van der Waals surface area contributed by atoms with E-state index in [4.69, 9.17) is 0 Å². The van der Waals surface area contributed by atoms with Crippen LogP contribution in [0.25, 0.3) is 0 Å². The van der Waals surface area contributed by atoms with E-state index in [1.54, 1.807) is 0 Å². The van der Waals surface area contributed by atoms with Crippen LogP contribution < -0.4 is 0 Å². The van der Waals surface area contributed by atoms with Crippen molar-refractivity contribution in [3.05, 3.63) is 11.6 Å². The highest BCUT2D eigenvalue weighted by Gasteiger charge is 2.71. The number of carbonyl (C=O) groups is 1. The third-order valence-corrected chi connectivity index (χ3v) is 2.57. The average molecular weight is 350 g/mol. The zero-order chi connectivity index (χ0) is 18.7. The second kappa shape index (κ2) is 7.11. The Morgan fingerprint density at radius 1 is 0.957 bits per heavy atom. The topological polar surface area (TPSA) is 35.5 Å². The summed E-state index contributed by atoms with van der Waals surface area (Å²) in [4.78, 5) is 11.4. The van der Waals surface area contributed by atoms with Crippen molar-refractivity contribution in [3.63, 3.8) is 0 Å². The maximum Gasteiger partial charge on any atom is 0.426 e. The van der Waals surface area contributed by atoms with Crippen LogP contribution in [0.4, 0.5) is 26.3 Å². The van der Waals surface area contributed by atoms with Crippen molar-refractivity contribution in [1.82, 2.24) is 0 Å². The van der Waals surface area contributed by atoms with Crippen molar-refractivity contribution in [1.29, 1.82) is 0 Å². The maximum atomic E-state index is 13.1. The van der Waals surface area contributed by atoms with Crippen molar-refractivity contribution in [2.24, 2.45) is 0 Å². The molecule has 0 aliphatic heterocycles. The number of halogens is 6. The fourth-order valence-corrected chi connectivity index (χ4v) is 1.52. The Morgan fingerprint density at radius 2 is 1.39 bits per heavy atom. The molecule has 0 unspecified atom stereocenters. The third-order valence-electron chi connectivity index (χ3n) is 2.57. The summed E-state index contributed by atoms with van der Waals surface area (Å²) in [6, 6.07) is 0. The average Bonchev–Trinajstić information content (AvgIpc) is 2.22. The lowest BCUT2D eigenvalue weighted by atomic mass is 9.96. The molecule has 136 valence electrons. The number of carbonyl (C=O) groups excluding carboxylic acids is 1. The van der Waals surface area contributed by atoms with Crippen molar-refractivity contribution < 1.29 is 40.6 Å². The lowest BCUT2D eigenvalue weighted by Crippen LogP contribution is -2.59. The smallest absolute Gasteiger partial charge is 0.426 e. The first-order chi connectivity index (χ1) is 10.0. The molecule has 0 saturated carbocycles. The molecule has 0 aliphatic rings. The van der Waals surface area contributed by atoms with E-state index in [2.05, 4.69) is 9.47 Å². The van der Waals surface area contributed by atoms with Gasteiger partial charge in [0, 0.05) is 6.42 Å². The second-order valence-electron chi connectivity index (χ2n) is 6.18. The Hall–Kier alpha value is -1.25. The summed E-state index contributed by atoms with van der Waals surface area (Å²) in [7, 11) is 0. The van der Waals surface area contributed by atoms with E-state index >= 15 is 0 Å². The Bertz CT molecular complexity index is 425. The molecule has 0 aliphatic carbocycles. The number of hydrogen-bond acceptors (Lipinski definition) is 3. The molecule has 0 rings (SSSR count). The minimum Gasteiger partial charge on any atom is -0.458 e. The number of allylic oxidation sites excluding steroid dienone is 1. The summed E-state index contributed by atoms with van der Waals surface area (Å²) >= 11 is 0. The molecule has 0 atom stereocenters. The van der Waals surface area contributed by atoms with Crippen molar-refractivity contribution >= 4 is 5.97 Å². The normalized spacial score (nSPS) is 13.7. The maximum absolute atomic E-state index is 13.1. The van der Waals surface area contributed by atoms with Gasteiger partial charge in [-0.3, -0.25) is 0 Å². The standard InChI is InChI=1S/C14H20F6O3/c1-9(2)6-7-12(13(15,16)17,14(18,19)20)22-8-10(21)23-11(3,4)5/h6H,7-8H2,1-5H3. The van der Waals surface area contributed by atoms with Gasteiger partial charge in [0.05, 0.1) is 0 Å². The molecule has 0 spiro atoms. The predicted octanol–water partition coefficient (Wildman–Crippen LogP) is 4.56. The van der Waals surface area contributed by atoms with Crippen LogP contribution in [0.2, 0.25) is 0 Å². The van der Waals surface area contributed by atoms with Gasteiger partial charge in [-0.2, -0.15) is 26.3 Å². The molecular formula is C14H20F6O3. The molecule has 23 heavy (non-hydrogen) atoms. The summed E-state index contributed by atoms with van der Waals surface area (Å²) in [5.74, 6) is -1.31. The van der Waals surface area contributed by atoms with Gasteiger partial charge in [0.15, 0.2) is 0 Å². The molecule has 0 saturated heterocycles. The van der Waals surface area contributed by atoms with E-state index in [1.165, 1.54) is 34.6 Å². The number of esters is 1. The van der Waals surface area contributed by atoms with Crippen molar-refractivity contribution in [2.45, 2.75) is 64.6 Å². The fourth-order valence-electron chi connectivity index (χ4n) is 1.52. The monoisotopic (exact) mass is 350 g/mol. The van der Waals surface area contributed by atoms with Crippen LogP contribution in [0.5, 0.6) is 0 Å². The molecule has 0 N–H and O–H groups in total. The highest BCUT2D eigenvalue weighted by Crippen LogP contribution is 2.48. The van der Waals surface area contributed by atoms with E-state index in [0.29, 0.717) is 0 Å². The first-order valence-corrected chi connectivity index (χ1v) is 6.64. The lowest BCUT2D eigenvalue weighted by molar-refractivity contribution is -0.378. The van der Waals surface area contributed by atoms with E-state index in [9.17, 15) is 31.1 Å². The zero-order valence-electron chi connectivity index (χ0n) is 13.5. The van der Waals surface area contributed by atoms with E-state index < -0.39 is 42.6 Å². The second-order valence-corrected chi connectivity index (χ2v) is 6.18. The van der Waals surface area contributed by atoms with Crippen LogP contribution in [-0.4, -0.2) is 36.1 Å². The Balaban J connectivity index is 5.51. The molecule has 9 heteroatoms. The largest absolute Gasteiger partial charge is 0.458 e. The molecule has 0 bridgehead atoms. The Morgan fingerprint density at radius 3 is 1.70 bits per heavy atom. The molecule has 3 nitrogen and oxygen atoms in total. The van der Waals surface area contributed by atoms with Gasteiger partial charge in [0.25, 0.3) is 5.60 Å². The van der Waals surface area contributed by atoms with Gasteiger partial charge in [-0.25, -0.2) is 4.79 Å². The van der Waals surface area contributed by atoms with E-state index in [0.717, 1.165) is 6.08 Å². The van der Waals surface area contributed by atoms with Gasteiger partial charge in [0.1, 0.15) is 12.2 Å². The van der Waals surface area contributed by atoms with Gasteiger partial charge in [0.2, 0.25) is 0 Å². The van der Waals surface area contributed by atoms with Gasteiger partial charge in [-0.15, -0.1) is 0 Å². The van der Waals surface area contributed by atoms with Gasteiger partial charge in [-0.05, 0) is 34.6 Å². The highest BCUT2D eigenvalue weighted by atomic mass is 19.4. The van der Waals surface area contributed by atoms with E-state index in [-0.39, 0.29) is 5.57 Å². The molecule has 0 aromatic rings. The molecule has 0 fully saturated rings. The zero-order valence-corrected chi connectivity index (χ0v) is 13.5. The highest BCUT2D eigenvalue weighted by molar-refractivity contribution is 5.71. The van der Waals surface area contributed by atoms with E-state index in [1.807, 2.05) is 0 Å². The summed E-state index contributed by atoms with van der Waals surface area (Å²) < 4.78 is 87.2. The summed E-state index contributed by atoms with van der Waals surface area (Å²) in [5.41, 5.74) is -5.27. The van der Waals surface area contributed by atoms with Gasteiger partial charge >= 0.3 is 18.3 Å². The van der Waals surface area contributed by atoms with Crippen LogP contribution in [0.15, 0.2) is 11.6 Å². The summed E-state index contributed by atoms with van der Waals surface area (Å²) in [5, 5.41) is 0. The molecule has 0 amide bonds. The first-order valence-electron chi connectivity index (χ1n) is 6.64. The van der Waals surface area contributed by atoms with Crippen LogP contribution in [0, 0.1) is 0 Å². The van der Waals surface area contributed by atoms with Crippen LogP contribution >= 0.6 is 0 Å². The lowest BCUT2D eigenvalue weighted by Gasteiger charge is -2.36. The minimum atomic E-state index is -5.75. The minimum absolute atomic E-state index is 0.253. The van der Waals surface area contributed by atoms with Crippen LogP contribution in [0.3, 0.4) is 0 Å². The number of ether oxygens (including phenoxy) is 2. The van der Waals surface area contributed by atoms with Crippen molar-refractivity contribution in [3.8, 4) is 0 Å². The SMILES string of the molecule is CC(C)=CCC(OCC(=O)OC(C)(C)C)(C(F)(F)F)C(F)(F)F. The summed E-state index contributed by atoms with van der Waals surface area (Å²) in [6.07, 6.45) is -12.2. The molecule has 0 aromatic carbocycles. The number of hydrogen-bond donors (Lipinski definition) is 0. The molecule has 0 heterocycles. The van der Waals surface area contributed by atoms with Gasteiger partial charge < -0.3 is 9.47 Å². The van der Waals surface area contributed by atoms with Crippen molar-refractivity contribution in [2.75, 3.05) is 6.61 Å². The molecule has 0 aromatic heterocycles. The van der Waals surface area contributed by atoms with Gasteiger partial charge in [-0.1, -0.05) is 11.6 Å². The quantitative estimate of drug-likeness (QED) is 0.414. The molecular weight excluding hydrogens is 330 g/mol. The first kappa shape index (κ1) is 21.8. The molecule has 0 radical (unpaired) electrons. The van der Waals surface area contributed by atoms with Crippen LogP contribution in [0.1, 0.15) is 41.0 Å². The Kier molecular flexibility index (Phi) is 6.72. The summed E-state index contributed by atoms with van der Waals surface area (Å²) in [6.45, 7) is 5.52. The third kappa shape index (κ3) is 6.40. The Labute approximate surface area is 130 Å². The predicted molar refractivity (Wildman–Crippen MR) is 70.7 cm³/mol. The number of alkyl halides is 6. The fraction of sp³-hybridized carbons (Fsp3) is 0.786. The number of rotatable bonds is 5.